The molecule has 1 atom stereocenters. The number of amides is 1. The fourth-order valence-electron chi connectivity index (χ4n) is 2.74. The maximum Gasteiger partial charge on any atom is 0.227 e. The molecule has 1 aromatic rings. The molecule has 1 aromatic carbocycles. The summed E-state index contributed by atoms with van der Waals surface area (Å²) in [7, 11) is 0. The molecular weight excluding hydrogens is 264 g/mol. The number of carbonyl (C=O) groups excluding carboxylic acids is 1. The molecule has 21 heavy (non-hydrogen) atoms. The van der Waals surface area contributed by atoms with Gasteiger partial charge in [-0.2, -0.15) is 0 Å². The fourth-order valence-corrected chi connectivity index (χ4v) is 2.74. The second-order valence-electron chi connectivity index (χ2n) is 5.48. The lowest BCUT2D eigenvalue weighted by Crippen LogP contribution is -2.36. The van der Waals surface area contributed by atoms with Crippen LogP contribution in [0.1, 0.15) is 37.7 Å². The number of carbonyl (C=O) groups is 1. The van der Waals surface area contributed by atoms with E-state index in [1.165, 1.54) is 0 Å². The number of ether oxygens (including phenoxy) is 1. The van der Waals surface area contributed by atoms with Gasteiger partial charge in [-0.15, -0.1) is 0 Å². The summed E-state index contributed by atoms with van der Waals surface area (Å²) in [5.41, 5.74) is 1.08. The molecule has 1 saturated heterocycles. The van der Waals surface area contributed by atoms with Crippen LogP contribution in [0.4, 0.5) is 0 Å². The van der Waals surface area contributed by atoms with Crippen molar-refractivity contribution in [1.82, 2.24) is 10.6 Å². The van der Waals surface area contributed by atoms with Crippen LogP contribution in [0, 0.1) is 0 Å². The molecule has 4 nitrogen and oxygen atoms in total. The first-order valence-corrected chi connectivity index (χ1v) is 7.96. The van der Waals surface area contributed by atoms with E-state index >= 15 is 0 Å². The van der Waals surface area contributed by atoms with Gasteiger partial charge < -0.3 is 15.4 Å². The average Bonchev–Trinajstić information content (AvgIpc) is 2.54. The highest BCUT2D eigenvalue weighted by Gasteiger charge is 2.18. The van der Waals surface area contributed by atoms with E-state index in [2.05, 4.69) is 10.6 Å². The van der Waals surface area contributed by atoms with E-state index in [0.717, 1.165) is 37.9 Å². The highest BCUT2D eigenvalue weighted by atomic mass is 16.5. The van der Waals surface area contributed by atoms with Gasteiger partial charge in [0.1, 0.15) is 0 Å². The van der Waals surface area contributed by atoms with Crippen molar-refractivity contribution in [2.24, 2.45) is 0 Å². The molecule has 0 saturated carbocycles. The zero-order chi connectivity index (χ0) is 14.9. The number of piperidine rings is 1. The van der Waals surface area contributed by atoms with Crippen LogP contribution in [0.2, 0.25) is 0 Å². The Morgan fingerprint density at radius 1 is 1.33 bits per heavy atom. The molecule has 0 radical (unpaired) electrons. The van der Waals surface area contributed by atoms with Crippen molar-refractivity contribution in [1.29, 1.82) is 0 Å². The maximum absolute atomic E-state index is 12.2. The van der Waals surface area contributed by atoms with Gasteiger partial charge in [-0.1, -0.05) is 37.3 Å². The lowest BCUT2D eigenvalue weighted by molar-refractivity contribution is -0.123. The van der Waals surface area contributed by atoms with E-state index in [1.807, 2.05) is 37.3 Å². The Morgan fingerprint density at radius 2 is 2.05 bits per heavy atom. The molecule has 1 unspecified atom stereocenters. The van der Waals surface area contributed by atoms with Crippen molar-refractivity contribution in [2.75, 3.05) is 26.2 Å². The molecule has 0 aromatic heterocycles. The van der Waals surface area contributed by atoms with Crippen molar-refractivity contribution in [3.63, 3.8) is 0 Å². The lowest BCUT2D eigenvalue weighted by atomic mass is 9.96. The summed E-state index contributed by atoms with van der Waals surface area (Å²) < 4.78 is 5.80. The molecule has 116 valence electrons. The Hall–Kier alpha value is -1.39. The first kappa shape index (κ1) is 16.0. The normalized spacial score (nSPS) is 17.4. The van der Waals surface area contributed by atoms with Crippen LogP contribution >= 0.6 is 0 Å². The fraction of sp³-hybridized carbons (Fsp3) is 0.588. The molecule has 4 heteroatoms. The molecular formula is C17H26N2O2. The summed E-state index contributed by atoms with van der Waals surface area (Å²) in [4.78, 5) is 12.2. The zero-order valence-corrected chi connectivity index (χ0v) is 12.8. The van der Waals surface area contributed by atoms with Crippen LogP contribution in [0.5, 0.6) is 0 Å². The summed E-state index contributed by atoms with van der Waals surface area (Å²) in [6.45, 7) is 5.29. The second kappa shape index (κ2) is 8.80. The maximum atomic E-state index is 12.2. The van der Waals surface area contributed by atoms with Gasteiger partial charge in [-0.25, -0.2) is 0 Å². The Balaban J connectivity index is 1.70. The van der Waals surface area contributed by atoms with Crippen LogP contribution in [0.15, 0.2) is 30.3 Å². The number of benzene rings is 1. The van der Waals surface area contributed by atoms with Crippen LogP contribution in [0.25, 0.3) is 0 Å². The minimum absolute atomic E-state index is 0.0647. The Kier molecular flexibility index (Phi) is 6.70. The number of hydrogen-bond acceptors (Lipinski definition) is 3. The van der Waals surface area contributed by atoms with Crippen molar-refractivity contribution < 1.29 is 9.53 Å². The third-order valence-electron chi connectivity index (χ3n) is 3.97. The van der Waals surface area contributed by atoms with Crippen molar-refractivity contribution in [3.8, 4) is 0 Å². The molecule has 1 fully saturated rings. The van der Waals surface area contributed by atoms with Crippen LogP contribution < -0.4 is 10.6 Å². The van der Waals surface area contributed by atoms with Gasteiger partial charge in [0.05, 0.1) is 18.6 Å². The lowest BCUT2D eigenvalue weighted by Gasteiger charge is -2.23. The monoisotopic (exact) mass is 290 g/mol. The van der Waals surface area contributed by atoms with E-state index in [0.29, 0.717) is 19.3 Å². The van der Waals surface area contributed by atoms with Gasteiger partial charge in [-0.05, 0) is 37.9 Å². The number of hydrogen-bond donors (Lipinski definition) is 2. The molecule has 0 spiro atoms. The van der Waals surface area contributed by atoms with Gasteiger partial charge in [-0.3, -0.25) is 4.79 Å². The summed E-state index contributed by atoms with van der Waals surface area (Å²) >= 11 is 0. The van der Waals surface area contributed by atoms with E-state index in [4.69, 9.17) is 4.74 Å². The Labute approximate surface area is 127 Å². The molecule has 0 bridgehead atoms. The third-order valence-corrected chi connectivity index (χ3v) is 3.97. The SMILES string of the molecule is CCC(C(=O)NCCOC1CCNCC1)c1ccccc1. The summed E-state index contributed by atoms with van der Waals surface area (Å²) in [6, 6.07) is 9.95. The van der Waals surface area contributed by atoms with Crippen LogP contribution in [-0.4, -0.2) is 38.3 Å². The van der Waals surface area contributed by atoms with Crippen molar-refractivity contribution in [3.05, 3.63) is 35.9 Å². The second-order valence-corrected chi connectivity index (χ2v) is 5.48. The highest BCUT2D eigenvalue weighted by molar-refractivity contribution is 5.83. The predicted octanol–water partition coefficient (Wildman–Crippen LogP) is 2.06. The zero-order valence-electron chi connectivity index (χ0n) is 12.8. The molecule has 1 aliphatic heterocycles. The minimum atomic E-state index is -0.0647. The van der Waals surface area contributed by atoms with Crippen LogP contribution in [0.3, 0.4) is 0 Å². The number of nitrogens with one attached hydrogen (secondary N) is 2. The summed E-state index contributed by atoms with van der Waals surface area (Å²) in [6.07, 6.45) is 3.29. The average molecular weight is 290 g/mol. The van der Waals surface area contributed by atoms with E-state index in [1.54, 1.807) is 0 Å². The molecule has 2 N–H and O–H groups in total. The van der Waals surface area contributed by atoms with E-state index in [9.17, 15) is 4.79 Å². The first-order chi connectivity index (χ1) is 10.3. The molecule has 0 aliphatic carbocycles. The molecule has 2 rings (SSSR count). The predicted molar refractivity (Wildman–Crippen MR) is 84.3 cm³/mol. The van der Waals surface area contributed by atoms with Gasteiger partial charge in [0.2, 0.25) is 5.91 Å². The van der Waals surface area contributed by atoms with E-state index in [-0.39, 0.29) is 11.8 Å². The van der Waals surface area contributed by atoms with Gasteiger partial charge in [0, 0.05) is 6.54 Å². The smallest absolute Gasteiger partial charge is 0.227 e. The van der Waals surface area contributed by atoms with Crippen molar-refractivity contribution in [2.45, 2.75) is 38.2 Å². The van der Waals surface area contributed by atoms with Gasteiger partial charge >= 0.3 is 0 Å². The van der Waals surface area contributed by atoms with Crippen LogP contribution in [-0.2, 0) is 9.53 Å². The summed E-state index contributed by atoms with van der Waals surface area (Å²) in [5.74, 6) is 0.0303. The molecule has 1 aliphatic rings. The Bertz CT molecular complexity index is 416. The molecule has 1 amide bonds. The van der Waals surface area contributed by atoms with Crippen molar-refractivity contribution >= 4 is 5.91 Å². The van der Waals surface area contributed by atoms with E-state index < -0.39 is 0 Å². The minimum Gasteiger partial charge on any atom is -0.376 e. The van der Waals surface area contributed by atoms with Gasteiger partial charge in [0.25, 0.3) is 0 Å². The first-order valence-electron chi connectivity index (χ1n) is 7.96. The standard InChI is InChI=1S/C17H26N2O2/c1-2-16(14-6-4-3-5-7-14)17(20)19-12-13-21-15-8-10-18-11-9-15/h3-7,15-16,18H,2,8-13H2,1H3,(H,19,20). The highest BCUT2D eigenvalue weighted by Crippen LogP contribution is 2.19. The van der Waals surface area contributed by atoms with Gasteiger partial charge in [0.15, 0.2) is 0 Å². The topological polar surface area (TPSA) is 50.4 Å². The summed E-state index contributed by atoms with van der Waals surface area (Å²) in [5, 5.41) is 6.31. The molecule has 1 heterocycles. The quantitative estimate of drug-likeness (QED) is 0.756. The third kappa shape index (κ3) is 5.14. The number of rotatable bonds is 7. The largest absolute Gasteiger partial charge is 0.376 e. The Morgan fingerprint density at radius 3 is 2.71 bits per heavy atom.